The zero-order valence-electron chi connectivity index (χ0n) is 9.14. The predicted octanol–water partition coefficient (Wildman–Crippen LogP) is 2.26. The van der Waals surface area contributed by atoms with E-state index in [9.17, 15) is 0 Å². The van der Waals surface area contributed by atoms with Gasteiger partial charge in [-0.15, -0.1) is 0 Å². The Kier molecular flexibility index (Phi) is 5.85. The van der Waals surface area contributed by atoms with Crippen molar-refractivity contribution in [2.75, 3.05) is 25.2 Å². The Bertz CT molecular complexity index is 315. The summed E-state index contributed by atoms with van der Waals surface area (Å²) in [5, 5.41) is 0. The number of rotatable bonds is 6. The number of ether oxygens (including phenoxy) is 1. The van der Waals surface area contributed by atoms with Gasteiger partial charge >= 0.3 is 0 Å². The van der Waals surface area contributed by atoms with Gasteiger partial charge < -0.3 is 4.74 Å². The van der Waals surface area contributed by atoms with Gasteiger partial charge in [0.2, 0.25) is 5.88 Å². The second-order valence-corrected chi connectivity index (χ2v) is 4.23. The van der Waals surface area contributed by atoms with Crippen molar-refractivity contribution in [3.05, 3.63) is 23.9 Å². The number of thioether (sulfide) groups is 1. The highest BCUT2D eigenvalue weighted by Crippen LogP contribution is 2.04. The Morgan fingerprint density at radius 1 is 1.53 bits per heavy atom. The van der Waals surface area contributed by atoms with E-state index in [1.165, 1.54) is 0 Å². The smallest absolute Gasteiger partial charge is 0.213 e. The number of nitrogens with zero attached hydrogens (tertiary/aromatic N) is 2. The van der Waals surface area contributed by atoms with Crippen LogP contribution in [0, 0.1) is 0 Å². The van der Waals surface area contributed by atoms with Crippen LogP contribution in [0.4, 0.5) is 0 Å². The van der Waals surface area contributed by atoms with Crippen molar-refractivity contribution in [2.24, 2.45) is 4.99 Å². The molecule has 82 valence electrons. The second-order valence-electron chi connectivity index (χ2n) is 2.84. The fraction of sp³-hybridized carbons (Fsp3) is 0.455. The molecule has 0 bridgehead atoms. The molecule has 3 nitrogen and oxygen atoms in total. The fourth-order valence-electron chi connectivity index (χ4n) is 1.04. The summed E-state index contributed by atoms with van der Waals surface area (Å²) in [5.41, 5.74) is 0.843. The van der Waals surface area contributed by atoms with Gasteiger partial charge in [-0.3, -0.25) is 4.99 Å². The Morgan fingerprint density at radius 3 is 3.13 bits per heavy atom. The lowest BCUT2D eigenvalue weighted by Crippen LogP contribution is -1.93. The third-order valence-electron chi connectivity index (χ3n) is 1.75. The predicted molar refractivity (Wildman–Crippen MR) is 66.2 cm³/mol. The maximum absolute atomic E-state index is 5.02. The van der Waals surface area contributed by atoms with Gasteiger partial charge in [-0.25, -0.2) is 4.98 Å². The van der Waals surface area contributed by atoms with E-state index in [0.717, 1.165) is 23.7 Å². The first-order valence-corrected chi connectivity index (χ1v) is 6.11. The second kappa shape index (κ2) is 7.29. The molecule has 0 N–H and O–H groups in total. The van der Waals surface area contributed by atoms with E-state index < -0.39 is 0 Å². The first-order chi connectivity index (χ1) is 7.36. The Balaban J connectivity index is 2.41. The molecule has 1 aromatic rings. The summed E-state index contributed by atoms with van der Waals surface area (Å²) in [6, 6.07) is 5.65. The third kappa shape index (κ3) is 4.83. The molecule has 0 spiro atoms. The van der Waals surface area contributed by atoms with Gasteiger partial charge in [0, 0.05) is 24.6 Å². The van der Waals surface area contributed by atoms with Crippen molar-refractivity contribution in [3.8, 4) is 5.88 Å². The summed E-state index contributed by atoms with van der Waals surface area (Å²) >= 11 is 1.89. The molecule has 0 saturated carbocycles. The van der Waals surface area contributed by atoms with E-state index in [4.69, 9.17) is 4.74 Å². The third-order valence-corrected chi connectivity index (χ3v) is 2.63. The van der Waals surface area contributed by atoms with Crippen LogP contribution in [0.5, 0.6) is 5.88 Å². The van der Waals surface area contributed by atoms with Gasteiger partial charge in [0.15, 0.2) is 0 Å². The topological polar surface area (TPSA) is 34.5 Å². The summed E-state index contributed by atoms with van der Waals surface area (Å²) in [6.07, 6.45) is 1.79. The molecule has 0 radical (unpaired) electrons. The quantitative estimate of drug-likeness (QED) is 0.549. The zero-order valence-corrected chi connectivity index (χ0v) is 9.96. The lowest BCUT2D eigenvalue weighted by atomic mass is 10.4. The average Bonchev–Trinajstić information content (AvgIpc) is 2.29. The molecule has 0 atom stereocenters. The van der Waals surface area contributed by atoms with E-state index >= 15 is 0 Å². The van der Waals surface area contributed by atoms with Crippen molar-refractivity contribution in [1.82, 2.24) is 4.98 Å². The minimum atomic E-state index is 0.627. The van der Waals surface area contributed by atoms with Crippen molar-refractivity contribution in [3.63, 3.8) is 0 Å². The van der Waals surface area contributed by atoms with Crippen LogP contribution in [0.2, 0.25) is 0 Å². The largest absolute Gasteiger partial charge is 0.481 e. The molecule has 1 heterocycles. The normalized spacial score (nSPS) is 10.8. The van der Waals surface area contributed by atoms with Crippen LogP contribution < -0.4 is 4.74 Å². The molecule has 0 unspecified atom stereocenters. The molecule has 0 aromatic carbocycles. The van der Waals surface area contributed by atoms with Gasteiger partial charge in [0.1, 0.15) is 0 Å². The summed E-state index contributed by atoms with van der Waals surface area (Å²) in [4.78, 5) is 8.52. The first-order valence-electron chi connectivity index (χ1n) is 4.95. The van der Waals surface area contributed by atoms with Crippen molar-refractivity contribution in [1.29, 1.82) is 0 Å². The van der Waals surface area contributed by atoms with E-state index in [1.54, 1.807) is 13.3 Å². The van der Waals surface area contributed by atoms with Crippen molar-refractivity contribution in [2.45, 2.75) is 6.92 Å². The van der Waals surface area contributed by atoms with Gasteiger partial charge in [-0.1, -0.05) is 13.0 Å². The van der Waals surface area contributed by atoms with Gasteiger partial charge in [0.05, 0.1) is 12.8 Å². The standard InChI is InChI=1S/C11H16N2OS/c1-3-15-8-7-12-9-10-5-4-6-11(13-10)14-2/h4-6,9H,3,7-8H2,1-2H3/b12-9+. The molecule has 0 aliphatic heterocycles. The molecule has 1 aromatic heterocycles. The maximum Gasteiger partial charge on any atom is 0.213 e. The van der Waals surface area contributed by atoms with E-state index in [1.807, 2.05) is 30.0 Å². The Hall–Kier alpha value is -1.03. The van der Waals surface area contributed by atoms with Crippen LogP contribution in [0.3, 0.4) is 0 Å². The number of methoxy groups -OCH3 is 1. The van der Waals surface area contributed by atoms with Gasteiger partial charge in [-0.05, 0) is 11.8 Å². The lowest BCUT2D eigenvalue weighted by Gasteiger charge is -1.98. The lowest BCUT2D eigenvalue weighted by molar-refractivity contribution is 0.397. The Morgan fingerprint density at radius 2 is 2.40 bits per heavy atom. The molecule has 15 heavy (non-hydrogen) atoms. The number of hydrogen-bond donors (Lipinski definition) is 0. The van der Waals surface area contributed by atoms with Crippen LogP contribution in [0.15, 0.2) is 23.2 Å². The van der Waals surface area contributed by atoms with Crippen LogP contribution in [0.25, 0.3) is 0 Å². The van der Waals surface area contributed by atoms with Crippen LogP contribution in [-0.4, -0.2) is 36.4 Å². The highest BCUT2D eigenvalue weighted by Gasteiger charge is 1.93. The first kappa shape index (κ1) is 12.0. The van der Waals surface area contributed by atoms with Gasteiger partial charge in [0.25, 0.3) is 0 Å². The van der Waals surface area contributed by atoms with Gasteiger partial charge in [-0.2, -0.15) is 11.8 Å². The minimum absolute atomic E-state index is 0.627. The molecular weight excluding hydrogens is 208 g/mol. The molecule has 0 amide bonds. The van der Waals surface area contributed by atoms with E-state index in [0.29, 0.717) is 5.88 Å². The minimum Gasteiger partial charge on any atom is -0.481 e. The number of aliphatic imine (C=N–C) groups is 1. The van der Waals surface area contributed by atoms with Crippen molar-refractivity contribution < 1.29 is 4.74 Å². The van der Waals surface area contributed by atoms with E-state index in [-0.39, 0.29) is 0 Å². The summed E-state index contributed by atoms with van der Waals surface area (Å²) in [6.45, 7) is 3.00. The Labute approximate surface area is 95.0 Å². The highest BCUT2D eigenvalue weighted by molar-refractivity contribution is 7.99. The summed E-state index contributed by atoms with van der Waals surface area (Å²) in [5.74, 6) is 2.84. The monoisotopic (exact) mass is 224 g/mol. The molecule has 0 saturated heterocycles. The van der Waals surface area contributed by atoms with Crippen LogP contribution >= 0.6 is 11.8 Å². The molecule has 4 heteroatoms. The van der Waals surface area contributed by atoms with Crippen LogP contribution in [-0.2, 0) is 0 Å². The van der Waals surface area contributed by atoms with Crippen molar-refractivity contribution >= 4 is 18.0 Å². The average molecular weight is 224 g/mol. The fourth-order valence-corrected chi connectivity index (χ4v) is 1.56. The number of hydrogen-bond acceptors (Lipinski definition) is 4. The maximum atomic E-state index is 5.02. The molecule has 0 aliphatic carbocycles. The van der Waals surface area contributed by atoms with Crippen LogP contribution in [0.1, 0.15) is 12.6 Å². The van der Waals surface area contributed by atoms with E-state index in [2.05, 4.69) is 16.9 Å². The molecule has 1 rings (SSSR count). The summed E-state index contributed by atoms with van der Waals surface area (Å²) < 4.78 is 5.02. The molecule has 0 fully saturated rings. The number of aromatic nitrogens is 1. The number of pyridine rings is 1. The SMILES string of the molecule is CCSCC/N=C/c1cccc(OC)n1. The molecule has 0 aliphatic rings. The molecular formula is C11H16N2OS. The summed E-state index contributed by atoms with van der Waals surface area (Å²) in [7, 11) is 1.61. The zero-order chi connectivity index (χ0) is 10.9. The highest BCUT2D eigenvalue weighted by atomic mass is 32.2.